The molecule has 2 aliphatic carbocycles. The maximum atomic E-state index is 2.41. The van der Waals surface area contributed by atoms with Gasteiger partial charge in [-0.3, -0.25) is 0 Å². The molecule has 0 saturated heterocycles. The molecular weight excluding hydrogens is 168 g/mol. The van der Waals surface area contributed by atoms with Crippen molar-refractivity contribution in [3.05, 3.63) is 46.6 Å². The molecule has 0 heteroatoms. The van der Waals surface area contributed by atoms with Crippen molar-refractivity contribution in [3.8, 4) is 0 Å². The molecule has 0 spiro atoms. The van der Waals surface area contributed by atoms with Crippen molar-refractivity contribution in [1.82, 2.24) is 0 Å². The second-order valence-electron chi connectivity index (χ2n) is 4.72. The van der Waals surface area contributed by atoms with Crippen LogP contribution in [0.4, 0.5) is 0 Å². The highest BCUT2D eigenvalue weighted by Crippen LogP contribution is 2.37. The summed E-state index contributed by atoms with van der Waals surface area (Å²) in [4.78, 5) is 0. The summed E-state index contributed by atoms with van der Waals surface area (Å²) in [5, 5.41) is 0. The van der Waals surface area contributed by atoms with Crippen LogP contribution in [0.2, 0.25) is 0 Å². The predicted molar refractivity (Wildman–Crippen MR) is 62.0 cm³/mol. The number of fused-ring (bicyclic) bond motifs is 1. The van der Waals surface area contributed by atoms with Crippen LogP contribution in [0, 0.1) is 11.8 Å². The Morgan fingerprint density at radius 3 is 2.43 bits per heavy atom. The summed E-state index contributed by atoms with van der Waals surface area (Å²) in [5.74, 6) is 1.21. The SMILES string of the molecule is CC1=CC2=CC(C(C)C)=CC2C(C)=C1. The van der Waals surface area contributed by atoms with Crippen LogP contribution in [0.25, 0.3) is 0 Å². The molecule has 1 unspecified atom stereocenters. The molecule has 0 amide bonds. The average molecular weight is 186 g/mol. The first-order chi connectivity index (χ1) is 6.58. The summed E-state index contributed by atoms with van der Waals surface area (Å²) in [6, 6.07) is 0. The van der Waals surface area contributed by atoms with E-state index in [9.17, 15) is 0 Å². The van der Waals surface area contributed by atoms with Crippen LogP contribution in [-0.2, 0) is 0 Å². The van der Waals surface area contributed by atoms with Crippen molar-refractivity contribution in [3.63, 3.8) is 0 Å². The van der Waals surface area contributed by atoms with Crippen LogP contribution in [0.15, 0.2) is 46.6 Å². The minimum absolute atomic E-state index is 0.566. The molecule has 0 aromatic carbocycles. The Morgan fingerprint density at radius 2 is 1.79 bits per heavy atom. The molecule has 0 saturated carbocycles. The van der Waals surface area contributed by atoms with Gasteiger partial charge in [-0.25, -0.2) is 0 Å². The molecule has 74 valence electrons. The lowest BCUT2D eigenvalue weighted by molar-refractivity contribution is 0.787. The quantitative estimate of drug-likeness (QED) is 0.580. The topological polar surface area (TPSA) is 0 Å². The fourth-order valence-electron chi connectivity index (χ4n) is 2.26. The molecule has 0 aromatic rings. The third kappa shape index (κ3) is 1.50. The van der Waals surface area contributed by atoms with E-state index in [2.05, 4.69) is 52.0 Å². The van der Waals surface area contributed by atoms with Crippen LogP contribution in [0.5, 0.6) is 0 Å². The Hall–Kier alpha value is -1.04. The highest BCUT2D eigenvalue weighted by molar-refractivity contribution is 5.52. The van der Waals surface area contributed by atoms with E-state index in [1.54, 1.807) is 0 Å². The van der Waals surface area contributed by atoms with E-state index in [-0.39, 0.29) is 0 Å². The third-order valence-electron chi connectivity index (χ3n) is 3.06. The maximum Gasteiger partial charge on any atom is 0.0234 e. The lowest BCUT2D eigenvalue weighted by Gasteiger charge is -2.17. The van der Waals surface area contributed by atoms with Crippen LogP contribution < -0.4 is 0 Å². The Kier molecular flexibility index (Phi) is 2.22. The molecule has 0 aromatic heterocycles. The Labute approximate surface area is 86.7 Å². The van der Waals surface area contributed by atoms with Gasteiger partial charge in [0.25, 0.3) is 0 Å². The smallest absolute Gasteiger partial charge is 0.0234 e. The van der Waals surface area contributed by atoms with Gasteiger partial charge < -0.3 is 0 Å². The van der Waals surface area contributed by atoms with Gasteiger partial charge >= 0.3 is 0 Å². The Morgan fingerprint density at radius 1 is 1.07 bits per heavy atom. The molecular formula is C14H18. The lowest BCUT2D eigenvalue weighted by atomic mass is 9.88. The van der Waals surface area contributed by atoms with Crippen molar-refractivity contribution in [1.29, 1.82) is 0 Å². The highest BCUT2D eigenvalue weighted by Gasteiger charge is 2.22. The van der Waals surface area contributed by atoms with Crippen molar-refractivity contribution in [2.45, 2.75) is 27.7 Å². The van der Waals surface area contributed by atoms with Gasteiger partial charge in [0.1, 0.15) is 0 Å². The van der Waals surface area contributed by atoms with Crippen molar-refractivity contribution < 1.29 is 0 Å². The van der Waals surface area contributed by atoms with Gasteiger partial charge in [0.05, 0.1) is 0 Å². The zero-order chi connectivity index (χ0) is 10.3. The van der Waals surface area contributed by atoms with Gasteiger partial charge in [0.2, 0.25) is 0 Å². The molecule has 0 fully saturated rings. The number of allylic oxidation sites excluding steroid dienone is 8. The largest absolute Gasteiger partial charge is 0.0695 e. The number of hydrogen-bond donors (Lipinski definition) is 0. The first-order valence-corrected chi connectivity index (χ1v) is 5.37. The summed E-state index contributed by atoms with van der Waals surface area (Å²) in [7, 11) is 0. The Balaban J connectivity index is 2.38. The van der Waals surface area contributed by atoms with Gasteiger partial charge in [-0.2, -0.15) is 0 Å². The molecule has 2 aliphatic rings. The molecule has 0 bridgehead atoms. The standard InChI is InChI=1S/C14H18/c1-9(2)12-7-13-6-10(3)5-11(4)14(13)8-12/h5-9,14H,1-4H3. The van der Waals surface area contributed by atoms with Gasteiger partial charge in [-0.1, -0.05) is 49.3 Å². The van der Waals surface area contributed by atoms with Crippen molar-refractivity contribution >= 4 is 0 Å². The van der Waals surface area contributed by atoms with E-state index >= 15 is 0 Å². The van der Waals surface area contributed by atoms with Crippen molar-refractivity contribution in [2.24, 2.45) is 11.8 Å². The minimum Gasteiger partial charge on any atom is -0.0695 e. The fraction of sp³-hybridized carbons (Fsp3) is 0.429. The minimum atomic E-state index is 0.566. The van der Waals surface area contributed by atoms with Gasteiger partial charge in [-0.15, -0.1) is 0 Å². The molecule has 0 radical (unpaired) electrons. The highest BCUT2D eigenvalue weighted by atomic mass is 14.3. The molecule has 1 atom stereocenters. The number of hydrogen-bond acceptors (Lipinski definition) is 0. The molecule has 2 rings (SSSR count). The van der Waals surface area contributed by atoms with Crippen LogP contribution >= 0.6 is 0 Å². The second kappa shape index (κ2) is 3.27. The molecule has 0 nitrogen and oxygen atoms in total. The summed E-state index contributed by atoms with van der Waals surface area (Å²) >= 11 is 0. The van der Waals surface area contributed by atoms with E-state index in [1.807, 2.05) is 0 Å². The molecule has 14 heavy (non-hydrogen) atoms. The monoisotopic (exact) mass is 186 g/mol. The van der Waals surface area contributed by atoms with Gasteiger partial charge in [0, 0.05) is 5.92 Å². The predicted octanol–water partition coefficient (Wildman–Crippen LogP) is 4.03. The summed E-state index contributed by atoms with van der Waals surface area (Å²) in [5.41, 5.74) is 5.82. The Bertz CT molecular complexity index is 373. The summed E-state index contributed by atoms with van der Waals surface area (Å²) in [6.07, 6.45) is 9.37. The average Bonchev–Trinajstić information content (AvgIpc) is 2.47. The second-order valence-corrected chi connectivity index (χ2v) is 4.72. The van der Waals surface area contributed by atoms with E-state index in [1.165, 1.54) is 22.3 Å². The first-order valence-electron chi connectivity index (χ1n) is 5.37. The van der Waals surface area contributed by atoms with Gasteiger partial charge in [-0.05, 0) is 30.9 Å². The lowest BCUT2D eigenvalue weighted by Crippen LogP contribution is -2.02. The molecule has 0 N–H and O–H groups in total. The van der Waals surface area contributed by atoms with Crippen molar-refractivity contribution in [2.75, 3.05) is 0 Å². The summed E-state index contributed by atoms with van der Waals surface area (Å²) in [6.45, 7) is 8.92. The molecule has 0 heterocycles. The van der Waals surface area contributed by atoms with E-state index in [4.69, 9.17) is 0 Å². The van der Waals surface area contributed by atoms with E-state index < -0.39 is 0 Å². The molecule has 0 aliphatic heterocycles. The van der Waals surface area contributed by atoms with Crippen LogP contribution in [0.1, 0.15) is 27.7 Å². The number of rotatable bonds is 1. The van der Waals surface area contributed by atoms with Gasteiger partial charge in [0.15, 0.2) is 0 Å². The maximum absolute atomic E-state index is 2.41. The zero-order valence-electron chi connectivity index (χ0n) is 9.46. The van der Waals surface area contributed by atoms with Crippen LogP contribution in [0.3, 0.4) is 0 Å². The van der Waals surface area contributed by atoms with Crippen LogP contribution in [-0.4, -0.2) is 0 Å². The van der Waals surface area contributed by atoms with E-state index in [0.29, 0.717) is 11.8 Å². The summed E-state index contributed by atoms with van der Waals surface area (Å²) < 4.78 is 0. The third-order valence-corrected chi connectivity index (χ3v) is 3.06. The normalized spacial score (nSPS) is 25.4. The first kappa shape index (κ1) is 9.51. The zero-order valence-corrected chi connectivity index (χ0v) is 9.46. The fourth-order valence-corrected chi connectivity index (χ4v) is 2.26. The van der Waals surface area contributed by atoms with E-state index in [0.717, 1.165) is 0 Å².